The average Bonchev–Trinajstić information content (AvgIpc) is 2.70. The van der Waals surface area contributed by atoms with Crippen LogP contribution in [0.4, 0.5) is 0 Å². The van der Waals surface area contributed by atoms with Crippen molar-refractivity contribution in [2.75, 3.05) is 5.75 Å². The second-order valence-electron chi connectivity index (χ2n) is 4.52. The van der Waals surface area contributed by atoms with Crippen molar-refractivity contribution in [2.24, 2.45) is 0 Å². The number of sulfone groups is 1. The Morgan fingerprint density at radius 1 is 1.59 bits per heavy atom. The third-order valence-corrected chi connectivity index (χ3v) is 5.37. The summed E-state index contributed by atoms with van der Waals surface area (Å²) in [6.45, 7) is 1.58. The zero-order valence-corrected chi connectivity index (χ0v) is 10.6. The van der Waals surface area contributed by atoms with Gasteiger partial charge in [0.15, 0.2) is 21.5 Å². The topological polar surface area (TPSA) is 80.4 Å². The maximum Gasteiger partial charge on any atom is 0.195 e. The number of oxazole rings is 1. The van der Waals surface area contributed by atoms with Crippen molar-refractivity contribution >= 4 is 9.84 Å². The molecule has 0 saturated carbocycles. The minimum absolute atomic E-state index is 0.266. The molecule has 2 heterocycles. The largest absolute Gasteiger partial charge is 0.443 e. The van der Waals surface area contributed by atoms with Gasteiger partial charge < -0.3 is 9.52 Å². The molecule has 5 nitrogen and oxygen atoms in total. The molecule has 2 unspecified atom stereocenters. The van der Waals surface area contributed by atoms with Gasteiger partial charge in [0, 0.05) is 6.42 Å². The molecule has 2 rings (SSSR count). The van der Waals surface area contributed by atoms with E-state index in [-0.39, 0.29) is 11.0 Å². The number of aliphatic hydroxyl groups excluding tert-OH is 1. The lowest BCUT2D eigenvalue weighted by Crippen LogP contribution is -2.30. The highest BCUT2D eigenvalue weighted by Crippen LogP contribution is 2.23. The maximum atomic E-state index is 11.8. The highest BCUT2D eigenvalue weighted by Gasteiger charge is 2.30. The fraction of sp³-hybridized carbons (Fsp3) is 0.727. The lowest BCUT2D eigenvalue weighted by molar-refractivity contribution is 0.167. The van der Waals surface area contributed by atoms with Gasteiger partial charge in [-0.15, -0.1) is 0 Å². The number of aliphatic hydroxyl groups is 1. The van der Waals surface area contributed by atoms with E-state index in [4.69, 9.17) is 4.42 Å². The lowest BCUT2D eigenvalue weighted by atomic mass is 10.1. The number of hydrogen-bond acceptors (Lipinski definition) is 5. The van der Waals surface area contributed by atoms with E-state index >= 15 is 0 Å². The van der Waals surface area contributed by atoms with Gasteiger partial charge in [-0.05, 0) is 19.8 Å². The maximum absolute atomic E-state index is 11.8. The number of nitrogens with zero attached hydrogens (tertiary/aromatic N) is 1. The Morgan fingerprint density at radius 2 is 2.35 bits per heavy atom. The van der Waals surface area contributed by atoms with E-state index in [1.165, 1.54) is 6.20 Å². The summed E-state index contributed by atoms with van der Waals surface area (Å²) in [7, 11) is -3.00. The van der Waals surface area contributed by atoms with E-state index in [0.717, 1.165) is 12.8 Å². The Bertz CT molecular complexity index is 477. The first-order valence-corrected chi connectivity index (χ1v) is 7.55. The van der Waals surface area contributed by atoms with Crippen molar-refractivity contribution in [3.05, 3.63) is 17.8 Å². The molecule has 1 aromatic heterocycles. The van der Waals surface area contributed by atoms with Crippen molar-refractivity contribution in [1.29, 1.82) is 0 Å². The first-order chi connectivity index (χ1) is 7.99. The zero-order chi connectivity index (χ0) is 12.5. The SMILES string of the molecule is CC(O)c1cnc(CC2CCCCS2(=O)=O)o1. The van der Waals surface area contributed by atoms with E-state index in [9.17, 15) is 13.5 Å². The summed E-state index contributed by atoms with van der Waals surface area (Å²) < 4.78 is 28.9. The molecule has 1 N–H and O–H groups in total. The minimum atomic E-state index is -3.00. The predicted molar refractivity (Wildman–Crippen MR) is 62.3 cm³/mol. The van der Waals surface area contributed by atoms with Crippen LogP contribution in [0.2, 0.25) is 0 Å². The molecule has 0 aromatic carbocycles. The van der Waals surface area contributed by atoms with Gasteiger partial charge in [-0.1, -0.05) is 6.42 Å². The zero-order valence-electron chi connectivity index (χ0n) is 9.80. The van der Waals surface area contributed by atoms with Crippen LogP contribution in [0, 0.1) is 0 Å². The van der Waals surface area contributed by atoms with Gasteiger partial charge in [0.05, 0.1) is 17.2 Å². The summed E-state index contributed by atoms with van der Waals surface area (Å²) in [6.07, 6.45) is 3.43. The quantitative estimate of drug-likeness (QED) is 0.883. The Balaban J connectivity index is 2.09. The molecule has 0 aliphatic carbocycles. The van der Waals surface area contributed by atoms with E-state index in [2.05, 4.69) is 4.98 Å². The predicted octanol–water partition coefficient (Wildman–Crippen LogP) is 1.24. The average molecular weight is 259 g/mol. The Labute approximate surface area is 101 Å². The summed E-state index contributed by atoms with van der Waals surface area (Å²) in [5, 5.41) is 8.92. The number of aromatic nitrogens is 1. The van der Waals surface area contributed by atoms with Crippen LogP contribution >= 0.6 is 0 Å². The van der Waals surface area contributed by atoms with Gasteiger partial charge in [0.2, 0.25) is 0 Å². The Hall–Kier alpha value is -0.880. The molecule has 1 fully saturated rings. The first kappa shape index (κ1) is 12.6. The summed E-state index contributed by atoms with van der Waals surface area (Å²) >= 11 is 0. The number of hydrogen-bond donors (Lipinski definition) is 1. The van der Waals surface area contributed by atoms with Crippen LogP contribution in [0.25, 0.3) is 0 Å². The van der Waals surface area contributed by atoms with Crippen LogP contribution in [0.1, 0.15) is 43.9 Å². The van der Waals surface area contributed by atoms with E-state index in [0.29, 0.717) is 24.5 Å². The Kier molecular flexibility index (Phi) is 3.53. The van der Waals surface area contributed by atoms with E-state index < -0.39 is 15.9 Å². The smallest absolute Gasteiger partial charge is 0.195 e. The molecular formula is C11H17NO4S. The van der Waals surface area contributed by atoms with Crippen molar-refractivity contribution in [3.8, 4) is 0 Å². The highest BCUT2D eigenvalue weighted by atomic mass is 32.2. The summed E-state index contributed by atoms with van der Waals surface area (Å²) in [5.41, 5.74) is 0. The molecule has 0 amide bonds. The van der Waals surface area contributed by atoms with Crippen LogP contribution in [0.15, 0.2) is 10.6 Å². The molecule has 96 valence electrons. The van der Waals surface area contributed by atoms with Crippen LogP contribution in [0.5, 0.6) is 0 Å². The monoisotopic (exact) mass is 259 g/mol. The molecule has 1 saturated heterocycles. The van der Waals surface area contributed by atoms with Gasteiger partial charge in [-0.2, -0.15) is 0 Å². The van der Waals surface area contributed by atoms with Gasteiger partial charge in [-0.25, -0.2) is 13.4 Å². The summed E-state index contributed by atoms with van der Waals surface area (Å²) in [4.78, 5) is 4.01. The normalized spacial score (nSPS) is 25.6. The standard InChI is InChI=1S/C11H17NO4S/c1-8(13)10-7-12-11(16-10)6-9-4-2-3-5-17(9,14)15/h7-9,13H,2-6H2,1H3. The summed E-state index contributed by atoms with van der Waals surface area (Å²) in [5.74, 6) is 1.05. The second-order valence-corrected chi connectivity index (χ2v) is 6.92. The molecule has 0 spiro atoms. The molecular weight excluding hydrogens is 242 g/mol. The molecule has 1 aliphatic heterocycles. The fourth-order valence-electron chi connectivity index (χ4n) is 2.06. The van der Waals surface area contributed by atoms with Crippen LogP contribution in [0.3, 0.4) is 0 Å². The molecule has 0 bridgehead atoms. The summed E-state index contributed by atoms with van der Waals surface area (Å²) in [6, 6.07) is 0. The lowest BCUT2D eigenvalue weighted by Gasteiger charge is -2.20. The van der Waals surface area contributed by atoms with E-state index in [1.54, 1.807) is 6.92 Å². The van der Waals surface area contributed by atoms with Crippen LogP contribution in [-0.4, -0.2) is 29.5 Å². The minimum Gasteiger partial charge on any atom is -0.443 e. The van der Waals surface area contributed by atoms with Gasteiger partial charge >= 0.3 is 0 Å². The van der Waals surface area contributed by atoms with Crippen molar-refractivity contribution < 1.29 is 17.9 Å². The second kappa shape index (κ2) is 4.78. The van der Waals surface area contributed by atoms with Crippen molar-refractivity contribution in [2.45, 2.75) is 44.0 Å². The molecule has 2 atom stereocenters. The first-order valence-electron chi connectivity index (χ1n) is 5.83. The van der Waals surface area contributed by atoms with Crippen molar-refractivity contribution in [1.82, 2.24) is 4.98 Å². The molecule has 17 heavy (non-hydrogen) atoms. The third kappa shape index (κ3) is 2.87. The molecule has 1 aliphatic rings. The number of rotatable bonds is 3. The van der Waals surface area contributed by atoms with Crippen LogP contribution in [-0.2, 0) is 16.3 Å². The molecule has 1 aromatic rings. The van der Waals surface area contributed by atoms with Crippen LogP contribution < -0.4 is 0 Å². The highest BCUT2D eigenvalue weighted by molar-refractivity contribution is 7.92. The molecule has 0 radical (unpaired) electrons. The van der Waals surface area contributed by atoms with Gasteiger partial charge in [-0.3, -0.25) is 0 Å². The fourth-order valence-corrected chi connectivity index (χ4v) is 3.92. The Morgan fingerprint density at radius 3 is 2.94 bits per heavy atom. The van der Waals surface area contributed by atoms with Crippen molar-refractivity contribution in [3.63, 3.8) is 0 Å². The third-order valence-electron chi connectivity index (χ3n) is 3.10. The van der Waals surface area contributed by atoms with E-state index in [1.807, 2.05) is 0 Å². The van der Waals surface area contributed by atoms with Gasteiger partial charge in [0.25, 0.3) is 0 Å². The van der Waals surface area contributed by atoms with Gasteiger partial charge in [0.1, 0.15) is 6.10 Å². The molecule has 6 heteroatoms.